The van der Waals surface area contributed by atoms with Gasteiger partial charge in [-0.25, -0.2) is 0 Å². The third-order valence-corrected chi connectivity index (χ3v) is 6.82. The summed E-state index contributed by atoms with van der Waals surface area (Å²) < 4.78 is 5.63. The number of benzene rings is 2. The Hall–Kier alpha value is -3.55. The van der Waals surface area contributed by atoms with Crippen LogP contribution in [0.15, 0.2) is 60.7 Å². The molecular weight excluding hydrogens is 444 g/mol. The Morgan fingerprint density at radius 3 is 2.31 bits per heavy atom. The third-order valence-electron chi connectivity index (χ3n) is 6.82. The number of hydrogen-bond acceptors (Lipinski definition) is 5. The minimum absolute atomic E-state index is 0.0303. The number of ether oxygens (including phenoxy) is 1. The summed E-state index contributed by atoms with van der Waals surface area (Å²) in [6.07, 6.45) is 2.93. The summed E-state index contributed by atoms with van der Waals surface area (Å²) in [5.41, 5.74) is 0.184. The maximum absolute atomic E-state index is 13.7. The Bertz CT molecular complexity index is 1010. The van der Waals surface area contributed by atoms with Crippen molar-refractivity contribution < 1.29 is 19.1 Å². The molecule has 0 unspecified atom stereocenters. The predicted octanol–water partition coefficient (Wildman–Crippen LogP) is 2.65. The fourth-order valence-electron chi connectivity index (χ4n) is 4.84. The molecular formula is C27H34N4O4. The Morgan fingerprint density at radius 2 is 1.66 bits per heavy atom. The second-order valence-corrected chi connectivity index (χ2v) is 9.13. The van der Waals surface area contributed by atoms with Gasteiger partial charge in [0.2, 0.25) is 5.91 Å². The molecule has 0 radical (unpaired) electrons. The molecule has 3 amide bonds. The summed E-state index contributed by atoms with van der Waals surface area (Å²) in [6.45, 7) is 3.98. The summed E-state index contributed by atoms with van der Waals surface area (Å²) >= 11 is 0. The molecule has 2 aliphatic heterocycles. The molecule has 8 heteroatoms. The molecule has 2 fully saturated rings. The molecule has 2 aromatic rings. The van der Waals surface area contributed by atoms with Crippen LogP contribution in [-0.2, 0) is 14.4 Å². The molecule has 186 valence electrons. The van der Waals surface area contributed by atoms with Gasteiger partial charge in [0.15, 0.2) is 6.61 Å². The standard InChI is InChI=1S/C27H34N4O4/c1-2-3-16-28-24(32)19-30-21-31(22-10-6-4-7-11-22)27(26(30)34)14-17-29(18-15-27)25(33)20-35-23-12-8-5-9-13-23/h4-13H,2-3,14-21H2,1H3,(H,28,32). The minimum atomic E-state index is -0.762. The van der Waals surface area contributed by atoms with Gasteiger partial charge >= 0.3 is 0 Å². The first-order valence-electron chi connectivity index (χ1n) is 12.4. The highest BCUT2D eigenvalue weighted by atomic mass is 16.5. The molecule has 8 nitrogen and oxygen atoms in total. The van der Waals surface area contributed by atoms with Crippen LogP contribution in [0.5, 0.6) is 5.75 Å². The maximum Gasteiger partial charge on any atom is 0.260 e. The van der Waals surface area contributed by atoms with Crippen LogP contribution in [0.4, 0.5) is 5.69 Å². The summed E-state index contributed by atoms with van der Waals surface area (Å²) in [7, 11) is 0. The molecule has 0 saturated carbocycles. The average Bonchev–Trinajstić information content (AvgIpc) is 3.15. The van der Waals surface area contributed by atoms with E-state index in [9.17, 15) is 14.4 Å². The zero-order valence-electron chi connectivity index (χ0n) is 20.3. The topological polar surface area (TPSA) is 82.2 Å². The third kappa shape index (κ3) is 5.58. The molecule has 0 atom stereocenters. The molecule has 4 rings (SSSR count). The Kier molecular flexibility index (Phi) is 7.90. The van der Waals surface area contributed by atoms with Gasteiger partial charge in [0, 0.05) is 25.3 Å². The lowest BCUT2D eigenvalue weighted by atomic mass is 9.85. The summed E-state index contributed by atoms with van der Waals surface area (Å²) in [5, 5.41) is 2.91. The van der Waals surface area contributed by atoms with Crippen LogP contribution in [0, 0.1) is 0 Å². The second kappa shape index (κ2) is 11.3. The first kappa shape index (κ1) is 24.6. The number of carbonyl (C=O) groups is 3. The quantitative estimate of drug-likeness (QED) is 0.561. The molecule has 1 spiro atoms. The van der Waals surface area contributed by atoms with E-state index in [1.54, 1.807) is 9.80 Å². The maximum atomic E-state index is 13.7. The van der Waals surface area contributed by atoms with Gasteiger partial charge in [0.1, 0.15) is 17.8 Å². The number of rotatable bonds is 9. The largest absolute Gasteiger partial charge is 0.484 e. The van der Waals surface area contributed by atoms with Crippen molar-refractivity contribution in [3.8, 4) is 5.75 Å². The highest BCUT2D eigenvalue weighted by Crippen LogP contribution is 2.39. The summed E-state index contributed by atoms with van der Waals surface area (Å²) in [4.78, 5) is 44.5. The second-order valence-electron chi connectivity index (χ2n) is 9.13. The van der Waals surface area contributed by atoms with Gasteiger partial charge in [0.25, 0.3) is 11.8 Å². The summed E-state index contributed by atoms with van der Waals surface area (Å²) in [6, 6.07) is 19.1. The number of nitrogens with one attached hydrogen (secondary N) is 1. The monoisotopic (exact) mass is 478 g/mol. The van der Waals surface area contributed by atoms with Crippen molar-refractivity contribution in [2.45, 2.75) is 38.1 Å². The van der Waals surface area contributed by atoms with Crippen LogP contribution in [0.1, 0.15) is 32.6 Å². The van der Waals surface area contributed by atoms with E-state index < -0.39 is 5.54 Å². The predicted molar refractivity (Wildman–Crippen MR) is 134 cm³/mol. The van der Waals surface area contributed by atoms with E-state index in [1.807, 2.05) is 60.7 Å². The first-order valence-corrected chi connectivity index (χ1v) is 12.4. The first-order chi connectivity index (χ1) is 17.0. The molecule has 0 aromatic heterocycles. The van der Waals surface area contributed by atoms with Gasteiger partial charge in [-0.05, 0) is 43.5 Å². The highest BCUT2D eigenvalue weighted by molar-refractivity contribution is 5.96. The van der Waals surface area contributed by atoms with Crippen LogP contribution >= 0.6 is 0 Å². The number of piperidine rings is 1. The molecule has 2 aliphatic rings. The Labute approximate surface area is 206 Å². The molecule has 2 heterocycles. The lowest BCUT2D eigenvalue weighted by Crippen LogP contribution is -2.58. The molecule has 35 heavy (non-hydrogen) atoms. The van der Waals surface area contributed by atoms with Crippen molar-refractivity contribution >= 4 is 23.4 Å². The molecule has 2 saturated heterocycles. The minimum Gasteiger partial charge on any atom is -0.484 e. The van der Waals surface area contributed by atoms with Crippen molar-refractivity contribution in [1.29, 1.82) is 0 Å². The Balaban J connectivity index is 1.43. The van der Waals surface area contributed by atoms with E-state index in [-0.39, 0.29) is 30.9 Å². The zero-order chi connectivity index (χ0) is 24.7. The van der Waals surface area contributed by atoms with Crippen molar-refractivity contribution in [2.24, 2.45) is 0 Å². The van der Waals surface area contributed by atoms with E-state index in [0.29, 0.717) is 44.9 Å². The van der Waals surface area contributed by atoms with Crippen molar-refractivity contribution in [3.05, 3.63) is 60.7 Å². The van der Waals surface area contributed by atoms with Crippen LogP contribution in [0.2, 0.25) is 0 Å². The lowest BCUT2D eigenvalue weighted by molar-refractivity contribution is -0.140. The van der Waals surface area contributed by atoms with Gasteiger partial charge in [-0.3, -0.25) is 14.4 Å². The SMILES string of the molecule is CCCCNC(=O)CN1CN(c2ccccc2)C2(CCN(C(=O)COc3ccccc3)CC2)C1=O. The zero-order valence-corrected chi connectivity index (χ0v) is 20.3. The van der Waals surface area contributed by atoms with E-state index in [0.717, 1.165) is 18.5 Å². The number of nitrogens with zero attached hydrogens (tertiary/aromatic N) is 3. The molecule has 0 aliphatic carbocycles. The van der Waals surface area contributed by atoms with Crippen LogP contribution in [-0.4, -0.2) is 72.5 Å². The summed E-state index contributed by atoms with van der Waals surface area (Å²) in [5.74, 6) is 0.387. The average molecular weight is 479 g/mol. The highest BCUT2D eigenvalue weighted by Gasteiger charge is 2.54. The van der Waals surface area contributed by atoms with Gasteiger partial charge in [-0.1, -0.05) is 49.7 Å². The number of carbonyl (C=O) groups excluding carboxylic acids is 3. The van der Waals surface area contributed by atoms with Crippen molar-refractivity contribution in [1.82, 2.24) is 15.1 Å². The van der Waals surface area contributed by atoms with E-state index in [2.05, 4.69) is 17.1 Å². The van der Waals surface area contributed by atoms with E-state index in [4.69, 9.17) is 4.74 Å². The van der Waals surface area contributed by atoms with Crippen LogP contribution in [0.3, 0.4) is 0 Å². The van der Waals surface area contributed by atoms with Gasteiger partial charge in [-0.15, -0.1) is 0 Å². The number of likely N-dealkylation sites (tertiary alicyclic amines) is 1. The Morgan fingerprint density at radius 1 is 1.00 bits per heavy atom. The lowest BCUT2D eigenvalue weighted by Gasteiger charge is -2.43. The fraction of sp³-hybridized carbons (Fsp3) is 0.444. The van der Waals surface area contributed by atoms with E-state index >= 15 is 0 Å². The number of hydrogen-bond donors (Lipinski definition) is 1. The van der Waals surface area contributed by atoms with Gasteiger partial charge in [0.05, 0.1) is 6.67 Å². The van der Waals surface area contributed by atoms with Gasteiger partial charge in [-0.2, -0.15) is 0 Å². The number of amides is 3. The van der Waals surface area contributed by atoms with Crippen molar-refractivity contribution in [3.63, 3.8) is 0 Å². The smallest absolute Gasteiger partial charge is 0.260 e. The van der Waals surface area contributed by atoms with Crippen molar-refractivity contribution in [2.75, 3.05) is 44.4 Å². The number of anilines is 1. The van der Waals surface area contributed by atoms with Gasteiger partial charge < -0.3 is 24.8 Å². The molecule has 0 bridgehead atoms. The van der Waals surface area contributed by atoms with Crippen LogP contribution < -0.4 is 15.0 Å². The molecule has 2 aromatic carbocycles. The normalized spacial score (nSPS) is 17.1. The van der Waals surface area contributed by atoms with E-state index in [1.165, 1.54) is 0 Å². The molecule has 1 N–H and O–H groups in total. The fourth-order valence-corrected chi connectivity index (χ4v) is 4.84. The number of unbranched alkanes of at least 4 members (excludes halogenated alkanes) is 1. The van der Waals surface area contributed by atoms with Crippen LogP contribution in [0.25, 0.3) is 0 Å². The number of para-hydroxylation sites is 2.